The molecule has 0 aliphatic heterocycles. The van der Waals surface area contributed by atoms with Gasteiger partial charge in [0.15, 0.2) is 0 Å². The van der Waals surface area contributed by atoms with Crippen LogP contribution in [0.4, 0.5) is 0 Å². The van der Waals surface area contributed by atoms with Crippen molar-refractivity contribution in [3.63, 3.8) is 0 Å². The minimum absolute atomic E-state index is 0.200. The van der Waals surface area contributed by atoms with Crippen molar-refractivity contribution in [3.8, 4) is 0 Å². The summed E-state index contributed by atoms with van der Waals surface area (Å²) in [6.45, 7) is 5.16. The van der Waals surface area contributed by atoms with E-state index in [0.717, 1.165) is 19.3 Å². The third-order valence-electron chi connectivity index (χ3n) is 3.31. The Balaban J connectivity index is 2.35. The molecule has 0 aliphatic carbocycles. The van der Waals surface area contributed by atoms with Gasteiger partial charge < -0.3 is 15.2 Å². The number of benzene rings is 1. The van der Waals surface area contributed by atoms with Gasteiger partial charge in [-0.15, -0.1) is 0 Å². The number of hydrogen-bond donors (Lipinski definition) is 2. The van der Waals surface area contributed by atoms with E-state index in [1.54, 1.807) is 7.11 Å². The first-order valence-corrected chi connectivity index (χ1v) is 7.07. The molecule has 0 radical (unpaired) electrons. The van der Waals surface area contributed by atoms with Crippen LogP contribution in [0.25, 0.3) is 0 Å². The second-order valence-corrected chi connectivity index (χ2v) is 5.26. The van der Waals surface area contributed by atoms with Crippen LogP contribution in [0.1, 0.15) is 30.9 Å². The SMILES string of the molecule is COCC(CCO)NC(C)CCc1cccc(C)c1. The molecule has 0 saturated heterocycles. The fraction of sp³-hybridized carbons (Fsp3) is 0.625. The molecule has 0 heterocycles. The number of aryl methyl sites for hydroxylation is 2. The summed E-state index contributed by atoms with van der Waals surface area (Å²) in [5, 5.41) is 12.5. The molecular formula is C16H27NO2. The standard InChI is InChI=1S/C16H27NO2/c1-13-5-4-6-15(11-13)8-7-14(2)17-16(9-10-18)12-19-3/h4-6,11,14,16-18H,7-10,12H2,1-3H3. The van der Waals surface area contributed by atoms with E-state index in [1.165, 1.54) is 11.1 Å². The molecule has 0 spiro atoms. The van der Waals surface area contributed by atoms with Gasteiger partial charge in [-0.05, 0) is 38.7 Å². The molecule has 1 aromatic carbocycles. The minimum atomic E-state index is 0.200. The molecule has 1 aromatic rings. The maximum absolute atomic E-state index is 9.02. The quantitative estimate of drug-likeness (QED) is 0.720. The van der Waals surface area contributed by atoms with E-state index in [9.17, 15) is 0 Å². The Morgan fingerprint density at radius 3 is 2.74 bits per heavy atom. The van der Waals surface area contributed by atoms with Crippen LogP contribution in [0.15, 0.2) is 24.3 Å². The van der Waals surface area contributed by atoms with Crippen molar-refractivity contribution in [1.29, 1.82) is 0 Å². The number of ether oxygens (including phenoxy) is 1. The average Bonchev–Trinajstić information content (AvgIpc) is 2.37. The number of aliphatic hydroxyl groups excluding tert-OH is 1. The van der Waals surface area contributed by atoms with Gasteiger partial charge in [-0.3, -0.25) is 0 Å². The summed E-state index contributed by atoms with van der Waals surface area (Å²) in [4.78, 5) is 0. The van der Waals surface area contributed by atoms with E-state index in [2.05, 4.69) is 43.4 Å². The van der Waals surface area contributed by atoms with Crippen molar-refractivity contribution in [2.24, 2.45) is 0 Å². The fourth-order valence-corrected chi connectivity index (χ4v) is 2.31. The van der Waals surface area contributed by atoms with Crippen LogP contribution >= 0.6 is 0 Å². The molecule has 0 bridgehead atoms. The molecule has 2 N–H and O–H groups in total. The number of rotatable bonds is 9. The summed E-state index contributed by atoms with van der Waals surface area (Å²) in [6, 6.07) is 9.32. The lowest BCUT2D eigenvalue weighted by molar-refractivity contribution is 0.143. The minimum Gasteiger partial charge on any atom is -0.396 e. The molecule has 0 saturated carbocycles. The molecule has 2 atom stereocenters. The second kappa shape index (κ2) is 9.08. The number of hydrogen-bond acceptors (Lipinski definition) is 3. The Hall–Kier alpha value is -0.900. The number of nitrogens with one attached hydrogen (secondary N) is 1. The van der Waals surface area contributed by atoms with Crippen molar-refractivity contribution >= 4 is 0 Å². The van der Waals surface area contributed by atoms with Crippen LogP contribution in [0.2, 0.25) is 0 Å². The largest absolute Gasteiger partial charge is 0.396 e. The molecule has 0 amide bonds. The zero-order valence-electron chi connectivity index (χ0n) is 12.4. The van der Waals surface area contributed by atoms with E-state index in [-0.39, 0.29) is 12.6 Å². The van der Waals surface area contributed by atoms with Gasteiger partial charge in [-0.2, -0.15) is 0 Å². The first-order valence-electron chi connectivity index (χ1n) is 7.07. The predicted octanol–water partition coefficient (Wildman–Crippen LogP) is 2.30. The summed E-state index contributed by atoms with van der Waals surface area (Å²) in [7, 11) is 1.70. The predicted molar refractivity (Wildman–Crippen MR) is 79.5 cm³/mol. The van der Waals surface area contributed by atoms with Gasteiger partial charge in [0.25, 0.3) is 0 Å². The first kappa shape index (κ1) is 16.2. The maximum Gasteiger partial charge on any atom is 0.0616 e. The Bertz CT molecular complexity index is 348. The van der Waals surface area contributed by atoms with Crippen LogP contribution in [-0.4, -0.2) is 37.5 Å². The molecular weight excluding hydrogens is 238 g/mol. The van der Waals surface area contributed by atoms with Crippen molar-refractivity contribution in [2.75, 3.05) is 20.3 Å². The smallest absolute Gasteiger partial charge is 0.0616 e. The molecule has 0 aromatic heterocycles. The summed E-state index contributed by atoms with van der Waals surface area (Å²) >= 11 is 0. The molecule has 2 unspecified atom stereocenters. The van der Waals surface area contributed by atoms with Crippen LogP contribution in [0.5, 0.6) is 0 Å². The fourth-order valence-electron chi connectivity index (χ4n) is 2.31. The van der Waals surface area contributed by atoms with Crippen LogP contribution in [0.3, 0.4) is 0 Å². The highest BCUT2D eigenvalue weighted by atomic mass is 16.5. The van der Waals surface area contributed by atoms with Gasteiger partial charge in [0.1, 0.15) is 0 Å². The summed E-state index contributed by atoms with van der Waals surface area (Å²) in [6.07, 6.45) is 2.91. The highest BCUT2D eigenvalue weighted by Gasteiger charge is 2.11. The van der Waals surface area contributed by atoms with Gasteiger partial charge in [0.05, 0.1) is 6.61 Å². The molecule has 1 rings (SSSR count). The summed E-state index contributed by atoms with van der Waals surface area (Å²) in [5.41, 5.74) is 2.70. The molecule has 19 heavy (non-hydrogen) atoms. The zero-order chi connectivity index (χ0) is 14.1. The third kappa shape index (κ3) is 6.71. The lowest BCUT2D eigenvalue weighted by Gasteiger charge is -2.22. The molecule has 3 heteroatoms. The molecule has 0 fully saturated rings. The van der Waals surface area contributed by atoms with Gasteiger partial charge in [-0.25, -0.2) is 0 Å². The lowest BCUT2D eigenvalue weighted by atomic mass is 10.0. The van der Waals surface area contributed by atoms with Crippen LogP contribution < -0.4 is 5.32 Å². The van der Waals surface area contributed by atoms with E-state index in [1.807, 2.05) is 0 Å². The molecule has 3 nitrogen and oxygen atoms in total. The lowest BCUT2D eigenvalue weighted by Crippen LogP contribution is -2.40. The van der Waals surface area contributed by atoms with Crippen LogP contribution in [0, 0.1) is 6.92 Å². The maximum atomic E-state index is 9.02. The Labute approximate surface area is 117 Å². The van der Waals surface area contributed by atoms with E-state index in [0.29, 0.717) is 12.6 Å². The second-order valence-electron chi connectivity index (χ2n) is 5.26. The van der Waals surface area contributed by atoms with Crippen molar-refractivity contribution in [3.05, 3.63) is 35.4 Å². The zero-order valence-corrected chi connectivity index (χ0v) is 12.4. The number of aliphatic hydroxyl groups is 1. The van der Waals surface area contributed by atoms with Crippen LogP contribution in [-0.2, 0) is 11.2 Å². The first-order chi connectivity index (χ1) is 9.15. The van der Waals surface area contributed by atoms with Gasteiger partial charge in [-0.1, -0.05) is 29.8 Å². The van der Waals surface area contributed by atoms with E-state index in [4.69, 9.17) is 9.84 Å². The monoisotopic (exact) mass is 265 g/mol. The summed E-state index contributed by atoms with van der Waals surface area (Å²) in [5.74, 6) is 0. The molecule has 108 valence electrons. The van der Waals surface area contributed by atoms with E-state index < -0.39 is 0 Å². The van der Waals surface area contributed by atoms with E-state index >= 15 is 0 Å². The van der Waals surface area contributed by atoms with Gasteiger partial charge >= 0.3 is 0 Å². The normalized spacial score (nSPS) is 14.3. The number of methoxy groups -OCH3 is 1. The molecule has 0 aliphatic rings. The van der Waals surface area contributed by atoms with Crippen molar-refractivity contribution < 1.29 is 9.84 Å². The highest BCUT2D eigenvalue weighted by Crippen LogP contribution is 2.08. The summed E-state index contributed by atoms with van der Waals surface area (Å²) < 4.78 is 5.16. The topological polar surface area (TPSA) is 41.5 Å². The van der Waals surface area contributed by atoms with Crippen molar-refractivity contribution in [1.82, 2.24) is 5.32 Å². The average molecular weight is 265 g/mol. The Morgan fingerprint density at radius 2 is 2.11 bits per heavy atom. The highest BCUT2D eigenvalue weighted by molar-refractivity contribution is 5.22. The van der Waals surface area contributed by atoms with Gasteiger partial charge in [0, 0.05) is 25.8 Å². The Kier molecular flexibility index (Phi) is 7.72. The Morgan fingerprint density at radius 1 is 1.32 bits per heavy atom. The van der Waals surface area contributed by atoms with Crippen molar-refractivity contribution in [2.45, 2.75) is 45.2 Å². The third-order valence-corrected chi connectivity index (χ3v) is 3.31. The van der Waals surface area contributed by atoms with Gasteiger partial charge in [0.2, 0.25) is 0 Å².